The number of benzene rings is 1. The molecule has 0 aromatic heterocycles. The molecule has 1 heterocycles. The second-order valence-corrected chi connectivity index (χ2v) is 9.02. The van der Waals surface area contributed by atoms with Gasteiger partial charge in [0.25, 0.3) is 11.8 Å². The number of carbonyl (C=O) groups is 4. The van der Waals surface area contributed by atoms with Crippen LogP contribution in [0.3, 0.4) is 0 Å². The van der Waals surface area contributed by atoms with Crippen molar-refractivity contribution in [2.75, 3.05) is 6.54 Å². The molecule has 2 aliphatic rings. The molecule has 1 aliphatic carbocycles. The second-order valence-electron chi connectivity index (χ2n) is 9.02. The van der Waals surface area contributed by atoms with Gasteiger partial charge in [-0.15, -0.1) is 0 Å². The third-order valence-corrected chi connectivity index (χ3v) is 6.75. The van der Waals surface area contributed by atoms with Crippen LogP contribution in [0.25, 0.3) is 0 Å². The van der Waals surface area contributed by atoms with Gasteiger partial charge < -0.3 is 16.0 Å². The number of hydrogen-bond acceptors (Lipinski definition) is 4. The smallest absolute Gasteiger partial charge is 0.325 e. The molecule has 5 amide bonds. The Morgan fingerprint density at radius 1 is 1.22 bits per heavy atom. The first kappa shape index (κ1) is 23.8. The van der Waals surface area contributed by atoms with Crippen LogP contribution in [0.4, 0.5) is 4.79 Å². The zero-order valence-electron chi connectivity index (χ0n) is 19.2. The molecule has 8 heteroatoms. The summed E-state index contributed by atoms with van der Waals surface area (Å²) in [6, 6.07) is 6.62. The Bertz CT molecular complexity index is 877. The highest BCUT2D eigenvalue weighted by molar-refractivity contribution is 6.09. The van der Waals surface area contributed by atoms with Crippen molar-refractivity contribution in [1.82, 2.24) is 20.9 Å². The Morgan fingerprint density at radius 2 is 1.94 bits per heavy atom. The first-order valence-corrected chi connectivity index (χ1v) is 11.6. The van der Waals surface area contributed by atoms with E-state index in [2.05, 4.69) is 22.9 Å². The van der Waals surface area contributed by atoms with E-state index < -0.39 is 17.5 Å². The van der Waals surface area contributed by atoms with Crippen molar-refractivity contribution in [1.29, 1.82) is 0 Å². The van der Waals surface area contributed by atoms with E-state index in [-0.39, 0.29) is 30.9 Å². The topological polar surface area (TPSA) is 108 Å². The molecule has 3 rings (SSSR count). The van der Waals surface area contributed by atoms with Crippen LogP contribution in [-0.2, 0) is 16.1 Å². The molecule has 0 bridgehead atoms. The summed E-state index contributed by atoms with van der Waals surface area (Å²) in [7, 11) is 0. The largest absolute Gasteiger partial charge is 0.350 e. The van der Waals surface area contributed by atoms with E-state index in [1.165, 1.54) is 0 Å². The fourth-order valence-corrected chi connectivity index (χ4v) is 4.37. The Morgan fingerprint density at radius 3 is 2.59 bits per heavy atom. The zero-order chi connectivity index (χ0) is 23.3. The normalized spacial score (nSPS) is 23.7. The highest BCUT2D eigenvalue weighted by Crippen LogP contribution is 2.37. The monoisotopic (exact) mass is 442 g/mol. The molecule has 1 aliphatic heterocycles. The molecular formula is C24H34N4O4. The molecule has 1 aromatic carbocycles. The predicted octanol–water partition coefficient (Wildman–Crippen LogP) is 2.72. The maximum atomic E-state index is 12.9. The number of nitrogens with one attached hydrogen (secondary N) is 3. The minimum Gasteiger partial charge on any atom is -0.350 e. The number of amides is 5. The van der Waals surface area contributed by atoms with E-state index in [1.54, 1.807) is 18.2 Å². The Hall–Kier alpha value is -2.90. The molecular weight excluding hydrogens is 408 g/mol. The van der Waals surface area contributed by atoms with Gasteiger partial charge in [-0.25, -0.2) is 4.79 Å². The molecule has 0 radical (unpaired) electrons. The average Bonchev–Trinajstić information content (AvgIpc) is 3.02. The van der Waals surface area contributed by atoms with Gasteiger partial charge in [-0.3, -0.25) is 19.3 Å². The van der Waals surface area contributed by atoms with E-state index in [4.69, 9.17) is 0 Å². The molecule has 174 valence electrons. The van der Waals surface area contributed by atoms with Gasteiger partial charge in [0.05, 0.1) is 0 Å². The van der Waals surface area contributed by atoms with Crippen LogP contribution in [0.5, 0.6) is 0 Å². The lowest BCUT2D eigenvalue weighted by molar-refractivity contribution is -0.136. The summed E-state index contributed by atoms with van der Waals surface area (Å²) in [5, 5.41) is 8.51. The van der Waals surface area contributed by atoms with Gasteiger partial charge in [0.2, 0.25) is 5.91 Å². The summed E-state index contributed by atoms with van der Waals surface area (Å²) in [5.74, 6) is -0.279. The number of nitrogens with zero attached hydrogens (tertiary/aromatic N) is 1. The predicted molar refractivity (Wildman–Crippen MR) is 121 cm³/mol. The fraction of sp³-hybridized carbons (Fsp3) is 0.583. The minimum atomic E-state index is -0.847. The summed E-state index contributed by atoms with van der Waals surface area (Å²) in [5.41, 5.74) is 0.442. The van der Waals surface area contributed by atoms with Crippen molar-refractivity contribution < 1.29 is 19.2 Å². The third kappa shape index (κ3) is 5.29. The van der Waals surface area contributed by atoms with Gasteiger partial charge in [0.15, 0.2) is 0 Å². The highest BCUT2D eigenvalue weighted by atomic mass is 16.2. The SMILES string of the molecule is CCC1CCC2(CC1)NC(=O)N(CC(=O)NCc1cccc(C(=O)NC(C)CC)c1)C2=O. The van der Waals surface area contributed by atoms with Crippen LogP contribution >= 0.6 is 0 Å². The lowest BCUT2D eigenvalue weighted by Gasteiger charge is -2.34. The Labute approximate surface area is 189 Å². The van der Waals surface area contributed by atoms with Crippen molar-refractivity contribution in [2.24, 2.45) is 5.92 Å². The van der Waals surface area contributed by atoms with Crippen LogP contribution < -0.4 is 16.0 Å². The van der Waals surface area contributed by atoms with Gasteiger partial charge >= 0.3 is 6.03 Å². The molecule has 1 unspecified atom stereocenters. The standard InChI is InChI=1S/C24H34N4O4/c1-4-16(3)26-21(30)19-8-6-7-18(13-19)14-25-20(29)15-28-22(31)24(27-23(28)32)11-9-17(5-2)10-12-24/h6-8,13,16-17H,4-5,9-12,14-15H2,1-3H3,(H,25,29)(H,26,30)(H,27,32). The second kappa shape index (κ2) is 10.1. The first-order valence-electron chi connectivity index (χ1n) is 11.6. The van der Waals surface area contributed by atoms with Crippen LogP contribution in [0, 0.1) is 5.92 Å². The van der Waals surface area contributed by atoms with Gasteiger partial charge in [0, 0.05) is 18.2 Å². The van der Waals surface area contributed by atoms with Crippen LogP contribution in [0.1, 0.15) is 75.2 Å². The lowest BCUT2D eigenvalue weighted by Crippen LogP contribution is -2.50. The van der Waals surface area contributed by atoms with Crippen molar-refractivity contribution in [3.63, 3.8) is 0 Å². The summed E-state index contributed by atoms with van der Waals surface area (Å²) in [6.45, 7) is 5.98. The Kier molecular flexibility index (Phi) is 7.53. The van der Waals surface area contributed by atoms with Crippen molar-refractivity contribution in [3.8, 4) is 0 Å². The maximum absolute atomic E-state index is 12.9. The van der Waals surface area contributed by atoms with Crippen LogP contribution in [-0.4, -0.2) is 46.8 Å². The summed E-state index contributed by atoms with van der Waals surface area (Å²) < 4.78 is 0. The Balaban J connectivity index is 1.54. The number of hydrogen-bond donors (Lipinski definition) is 3. The zero-order valence-corrected chi connectivity index (χ0v) is 19.2. The molecule has 2 fully saturated rings. The number of imide groups is 1. The van der Waals surface area contributed by atoms with E-state index in [9.17, 15) is 19.2 Å². The maximum Gasteiger partial charge on any atom is 0.325 e. The van der Waals surface area contributed by atoms with Gasteiger partial charge in [-0.05, 0) is 62.6 Å². The van der Waals surface area contributed by atoms with Crippen LogP contribution in [0.15, 0.2) is 24.3 Å². The molecule has 32 heavy (non-hydrogen) atoms. The molecule has 8 nitrogen and oxygen atoms in total. The molecule has 1 saturated carbocycles. The molecule has 1 spiro atoms. The third-order valence-electron chi connectivity index (χ3n) is 6.75. The molecule has 1 aromatic rings. The minimum absolute atomic E-state index is 0.0790. The van der Waals surface area contributed by atoms with E-state index in [0.29, 0.717) is 24.3 Å². The number of urea groups is 1. The van der Waals surface area contributed by atoms with E-state index in [1.807, 2.05) is 19.9 Å². The summed E-state index contributed by atoms with van der Waals surface area (Å²) >= 11 is 0. The summed E-state index contributed by atoms with van der Waals surface area (Å²) in [4.78, 5) is 51.2. The molecule has 1 atom stereocenters. The quantitative estimate of drug-likeness (QED) is 0.538. The van der Waals surface area contributed by atoms with E-state index >= 15 is 0 Å². The van der Waals surface area contributed by atoms with Crippen LogP contribution in [0.2, 0.25) is 0 Å². The average molecular weight is 443 g/mol. The fourth-order valence-electron chi connectivity index (χ4n) is 4.37. The molecule has 3 N–H and O–H groups in total. The van der Waals surface area contributed by atoms with Crippen molar-refractivity contribution >= 4 is 23.8 Å². The highest BCUT2D eigenvalue weighted by Gasteiger charge is 2.52. The summed E-state index contributed by atoms with van der Waals surface area (Å²) in [6.07, 6.45) is 4.97. The van der Waals surface area contributed by atoms with Gasteiger partial charge in [0.1, 0.15) is 12.1 Å². The first-order chi connectivity index (χ1) is 15.3. The van der Waals surface area contributed by atoms with E-state index in [0.717, 1.165) is 36.1 Å². The van der Waals surface area contributed by atoms with Gasteiger partial charge in [-0.2, -0.15) is 0 Å². The van der Waals surface area contributed by atoms with Crippen molar-refractivity contribution in [2.45, 2.75) is 77.4 Å². The van der Waals surface area contributed by atoms with Gasteiger partial charge in [-0.1, -0.05) is 32.4 Å². The molecule has 1 saturated heterocycles. The number of carbonyl (C=O) groups excluding carboxylic acids is 4. The number of rotatable bonds is 8. The van der Waals surface area contributed by atoms with Crippen molar-refractivity contribution in [3.05, 3.63) is 35.4 Å². The lowest BCUT2D eigenvalue weighted by atomic mass is 9.75.